The van der Waals surface area contributed by atoms with Crippen LogP contribution in [0.2, 0.25) is 0 Å². The van der Waals surface area contributed by atoms with E-state index in [1.807, 2.05) is 11.0 Å². The van der Waals surface area contributed by atoms with Crippen molar-refractivity contribution in [3.8, 4) is 0 Å². The van der Waals surface area contributed by atoms with Crippen LogP contribution in [-0.4, -0.2) is 46.8 Å². The lowest BCUT2D eigenvalue weighted by atomic mass is 10.0. The smallest absolute Gasteiger partial charge is 0.246 e. The lowest BCUT2D eigenvalue weighted by Gasteiger charge is -2.19. The zero-order valence-corrected chi connectivity index (χ0v) is 15.8. The number of hydrogen-bond donors (Lipinski definition) is 3. The van der Waals surface area contributed by atoms with Crippen LogP contribution < -0.4 is 10.7 Å². The summed E-state index contributed by atoms with van der Waals surface area (Å²) in [6.07, 6.45) is 9.09. The minimum absolute atomic E-state index is 0.0584. The van der Waals surface area contributed by atoms with Crippen molar-refractivity contribution in [1.82, 2.24) is 15.3 Å². The number of likely N-dealkylation sites (tertiary alicyclic amines) is 1. The maximum absolute atomic E-state index is 12.6. The summed E-state index contributed by atoms with van der Waals surface area (Å²) in [4.78, 5) is 19.0. The first kappa shape index (κ1) is 18.6. The van der Waals surface area contributed by atoms with E-state index in [9.17, 15) is 4.79 Å². The highest BCUT2D eigenvalue weighted by Crippen LogP contribution is 2.38. The molecule has 3 heterocycles. The van der Waals surface area contributed by atoms with Crippen molar-refractivity contribution in [3.63, 3.8) is 0 Å². The number of pyridine rings is 1. The van der Waals surface area contributed by atoms with Crippen LogP contribution in [0.15, 0.2) is 41.0 Å². The van der Waals surface area contributed by atoms with Gasteiger partial charge in [0.1, 0.15) is 5.82 Å². The number of amides is 1. The number of rotatable bonds is 5. The number of aliphatic hydroxyl groups excluding tert-OH is 1. The lowest BCUT2D eigenvalue weighted by molar-refractivity contribution is -0.125. The molecule has 8 heteroatoms. The van der Waals surface area contributed by atoms with Gasteiger partial charge in [-0.3, -0.25) is 10.2 Å². The normalized spacial score (nSPS) is 26.5. The molecule has 3 aliphatic rings. The molecule has 0 bridgehead atoms. The molecule has 2 atom stereocenters. The van der Waals surface area contributed by atoms with Gasteiger partial charge in [0.2, 0.25) is 5.91 Å². The molecule has 0 spiro atoms. The molecule has 1 aliphatic carbocycles. The van der Waals surface area contributed by atoms with E-state index in [2.05, 4.69) is 38.7 Å². The van der Waals surface area contributed by atoms with E-state index < -0.39 is 0 Å². The number of aliphatic hydroxyl groups is 1. The third-order valence-corrected chi connectivity index (χ3v) is 5.83. The van der Waals surface area contributed by atoms with Crippen molar-refractivity contribution < 1.29 is 9.90 Å². The van der Waals surface area contributed by atoms with Crippen LogP contribution in [0.3, 0.4) is 0 Å². The van der Waals surface area contributed by atoms with Crippen molar-refractivity contribution in [3.05, 3.63) is 41.7 Å². The first-order chi connectivity index (χ1) is 13.6. The summed E-state index contributed by atoms with van der Waals surface area (Å²) in [6, 6.07) is 2.37. The van der Waals surface area contributed by atoms with Gasteiger partial charge < -0.3 is 15.3 Å². The summed E-state index contributed by atoms with van der Waals surface area (Å²) in [5.41, 5.74) is 6.09. The van der Waals surface area contributed by atoms with Gasteiger partial charge in [-0.2, -0.15) is 0 Å². The minimum atomic E-state index is -0.299. The van der Waals surface area contributed by atoms with Crippen LogP contribution >= 0.6 is 0 Å². The third kappa shape index (κ3) is 4.06. The second-order valence-corrected chi connectivity index (χ2v) is 7.78. The summed E-state index contributed by atoms with van der Waals surface area (Å²) in [5, 5.41) is 19.1. The van der Waals surface area contributed by atoms with E-state index >= 15 is 0 Å². The number of hydrogen-bond acceptors (Lipinski definition) is 6. The van der Waals surface area contributed by atoms with Gasteiger partial charge >= 0.3 is 0 Å². The van der Waals surface area contributed by atoms with Crippen LogP contribution in [0.5, 0.6) is 0 Å². The number of carbonyl (C=O) groups excluding carboxylic acids is 1. The van der Waals surface area contributed by atoms with Crippen molar-refractivity contribution in [2.75, 3.05) is 25.1 Å². The van der Waals surface area contributed by atoms with Crippen LogP contribution in [0, 0.1) is 11.8 Å². The Bertz CT molecular complexity index is 807. The number of nitrogens with one attached hydrogen (secondary N) is 2. The van der Waals surface area contributed by atoms with E-state index in [4.69, 9.17) is 5.11 Å². The van der Waals surface area contributed by atoms with Gasteiger partial charge in [-0.25, -0.2) is 4.98 Å². The molecule has 2 fully saturated rings. The molecule has 1 amide bonds. The first-order valence-corrected chi connectivity index (χ1v) is 9.76. The largest absolute Gasteiger partial charge is 0.373 e. The Kier molecular flexibility index (Phi) is 5.38. The van der Waals surface area contributed by atoms with Crippen LogP contribution in [0.25, 0.3) is 6.08 Å². The summed E-state index contributed by atoms with van der Waals surface area (Å²) >= 11 is 0. The summed E-state index contributed by atoms with van der Waals surface area (Å²) in [5.74, 6) is 1.93. The predicted octanol–water partition coefficient (Wildman–Crippen LogP) is 2.11. The molecule has 1 saturated carbocycles. The van der Waals surface area contributed by atoms with Crippen molar-refractivity contribution in [1.29, 1.82) is 0 Å². The van der Waals surface area contributed by atoms with E-state index in [1.165, 1.54) is 0 Å². The second-order valence-electron chi connectivity index (χ2n) is 7.78. The Hall–Kier alpha value is -2.74. The molecular weight excluding hydrogens is 356 g/mol. The standard InChI is InChI=1S/C20H26N6O2/c1-13-2-4-15-6-14(9-21-20(15)23-13)3-5-19(28)26-10-16-7-18(8-17(16)11-26)24-25-22-12-27/h3,5-6,9,16-18,27H,1-2,4,7-8,10-12H2,(H,21,23)(H,22,24)/b5-3+. The van der Waals surface area contributed by atoms with E-state index in [-0.39, 0.29) is 18.7 Å². The Morgan fingerprint density at radius 3 is 2.93 bits per heavy atom. The van der Waals surface area contributed by atoms with Crippen LogP contribution in [-0.2, 0) is 11.2 Å². The molecular formula is C20H26N6O2. The van der Waals surface area contributed by atoms with E-state index in [1.54, 1.807) is 12.3 Å². The van der Waals surface area contributed by atoms with Crippen molar-refractivity contribution in [2.45, 2.75) is 31.7 Å². The summed E-state index contributed by atoms with van der Waals surface area (Å²) in [7, 11) is 0. The molecule has 1 saturated heterocycles. The van der Waals surface area contributed by atoms with Crippen molar-refractivity contribution >= 4 is 17.8 Å². The molecule has 4 rings (SSSR count). The average molecular weight is 382 g/mol. The Morgan fingerprint density at radius 2 is 2.18 bits per heavy atom. The number of fused-ring (bicyclic) bond motifs is 2. The number of anilines is 1. The molecule has 3 N–H and O–H groups in total. The van der Waals surface area contributed by atoms with E-state index in [0.717, 1.165) is 61.4 Å². The molecule has 0 radical (unpaired) electrons. The molecule has 2 aliphatic heterocycles. The Morgan fingerprint density at radius 1 is 1.39 bits per heavy atom. The van der Waals surface area contributed by atoms with E-state index in [0.29, 0.717) is 11.8 Å². The highest BCUT2D eigenvalue weighted by atomic mass is 16.3. The van der Waals surface area contributed by atoms with Crippen LogP contribution in [0.1, 0.15) is 30.4 Å². The van der Waals surface area contributed by atoms with Gasteiger partial charge in [0.05, 0.1) is 0 Å². The minimum Gasteiger partial charge on any atom is -0.373 e. The van der Waals surface area contributed by atoms with Gasteiger partial charge in [-0.15, -0.1) is 5.11 Å². The van der Waals surface area contributed by atoms with Gasteiger partial charge in [0, 0.05) is 37.1 Å². The zero-order valence-electron chi connectivity index (χ0n) is 15.8. The number of allylic oxidation sites excluding steroid dienone is 1. The number of aromatic nitrogens is 1. The monoisotopic (exact) mass is 382 g/mol. The number of carbonyl (C=O) groups is 1. The van der Waals surface area contributed by atoms with Gasteiger partial charge in [-0.1, -0.05) is 11.8 Å². The molecule has 8 nitrogen and oxygen atoms in total. The molecule has 28 heavy (non-hydrogen) atoms. The molecule has 2 unspecified atom stereocenters. The van der Waals surface area contributed by atoms with Gasteiger partial charge in [0.25, 0.3) is 0 Å². The molecule has 1 aromatic heterocycles. The molecule has 148 valence electrons. The summed E-state index contributed by atoms with van der Waals surface area (Å²) < 4.78 is 0. The number of aryl methyl sites for hydroxylation is 1. The Balaban J connectivity index is 1.31. The van der Waals surface area contributed by atoms with Gasteiger partial charge in [-0.05, 0) is 60.8 Å². The molecule has 1 aromatic rings. The van der Waals surface area contributed by atoms with Crippen molar-refractivity contribution in [2.24, 2.45) is 22.2 Å². The highest BCUT2D eigenvalue weighted by Gasteiger charge is 2.41. The third-order valence-electron chi connectivity index (χ3n) is 5.83. The Labute approximate surface area is 164 Å². The fourth-order valence-electron chi connectivity index (χ4n) is 4.45. The lowest BCUT2D eigenvalue weighted by Crippen LogP contribution is -2.30. The number of nitrogens with zero attached hydrogens (tertiary/aromatic N) is 4. The topological polar surface area (TPSA) is 102 Å². The summed E-state index contributed by atoms with van der Waals surface area (Å²) in [6.45, 7) is 5.23. The second kappa shape index (κ2) is 8.10. The quantitative estimate of drug-likeness (QED) is 0.411. The predicted molar refractivity (Wildman–Crippen MR) is 106 cm³/mol. The van der Waals surface area contributed by atoms with Gasteiger partial charge in [0.15, 0.2) is 6.73 Å². The molecule has 0 aromatic carbocycles. The van der Waals surface area contributed by atoms with Crippen LogP contribution in [0.4, 0.5) is 5.82 Å². The maximum atomic E-state index is 12.6. The SMILES string of the molecule is C=C1CCc2cc(/C=C/C(=O)N3CC4CC(N/N=N\CO)CC4C3)cnc2N1. The zero-order chi connectivity index (χ0) is 19.5. The average Bonchev–Trinajstić information content (AvgIpc) is 3.25. The maximum Gasteiger partial charge on any atom is 0.246 e. The fourth-order valence-corrected chi connectivity index (χ4v) is 4.45. The first-order valence-electron chi connectivity index (χ1n) is 9.76. The highest BCUT2D eigenvalue weighted by molar-refractivity contribution is 5.92. The fraction of sp³-hybridized carbons (Fsp3) is 0.500.